The zero-order valence-electron chi connectivity index (χ0n) is 11.6. The molecule has 1 saturated carbocycles. The van der Waals surface area contributed by atoms with Gasteiger partial charge in [0.25, 0.3) is 0 Å². The maximum atomic E-state index is 13.5. The Morgan fingerprint density at radius 3 is 2.85 bits per heavy atom. The second kappa shape index (κ2) is 6.93. The molecule has 0 aromatic heterocycles. The minimum absolute atomic E-state index is 0.0712. The Morgan fingerprint density at radius 1 is 1.40 bits per heavy atom. The van der Waals surface area contributed by atoms with Crippen LogP contribution in [-0.2, 0) is 4.79 Å². The summed E-state index contributed by atoms with van der Waals surface area (Å²) in [5.41, 5.74) is 0.293. The van der Waals surface area contributed by atoms with Crippen molar-refractivity contribution in [2.45, 2.75) is 38.6 Å². The SMILES string of the molecule is C[C@@H]1CCCC[C@@H]1NC(=O)CNc1ccc(Cl)cc1F. The van der Waals surface area contributed by atoms with Crippen LogP contribution in [0.2, 0.25) is 5.02 Å². The standard InChI is InChI=1S/C15H20ClFN2O/c1-10-4-2-3-5-13(10)19-15(20)9-18-14-7-6-11(16)8-12(14)17/h6-8,10,13,18H,2-5,9H2,1H3,(H,19,20)/t10-,13+/m1/s1. The van der Waals surface area contributed by atoms with Crippen molar-refractivity contribution in [3.8, 4) is 0 Å². The van der Waals surface area contributed by atoms with E-state index in [0.29, 0.717) is 16.6 Å². The van der Waals surface area contributed by atoms with Crippen LogP contribution in [0.25, 0.3) is 0 Å². The highest BCUT2D eigenvalue weighted by molar-refractivity contribution is 6.30. The summed E-state index contributed by atoms with van der Waals surface area (Å²) in [6.07, 6.45) is 4.59. The van der Waals surface area contributed by atoms with Crippen LogP contribution < -0.4 is 10.6 Å². The first-order valence-electron chi connectivity index (χ1n) is 7.04. The second-order valence-electron chi connectivity index (χ2n) is 5.41. The minimum atomic E-state index is -0.448. The number of carbonyl (C=O) groups excluding carboxylic acids is 1. The largest absolute Gasteiger partial charge is 0.374 e. The summed E-state index contributed by atoms with van der Waals surface area (Å²) >= 11 is 5.68. The van der Waals surface area contributed by atoms with Gasteiger partial charge in [0.2, 0.25) is 5.91 Å². The number of nitrogens with one attached hydrogen (secondary N) is 2. The Balaban J connectivity index is 1.82. The fourth-order valence-corrected chi connectivity index (χ4v) is 2.76. The van der Waals surface area contributed by atoms with E-state index in [1.165, 1.54) is 18.6 Å². The first-order valence-corrected chi connectivity index (χ1v) is 7.42. The van der Waals surface area contributed by atoms with Crippen LogP contribution in [0.15, 0.2) is 18.2 Å². The van der Waals surface area contributed by atoms with Crippen LogP contribution in [0, 0.1) is 11.7 Å². The molecule has 1 aromatic rings. The lowest BCUT2D eigenvalue weighted by Gasteiger charge is -2.29. The quantitative estimate of drug-likeness (QED) is 0.892. The fourth-order valence-electron chi connectivity index (χ4n) is 2.60. The van der Waals surface area contributed by atoms with Gasteiger partial charge in [0.05, 0.1) is 12.2 Å². The Kier molecular flexibility index (Phi) is 5.24. The number of benzene rings is 1. The second-order valence-corrected chi connectivity index (χ2v) is 5.85. The van der Waals surface area contributed by atoms with Gasteiger partial charge in [-0.15, -0.1) is 0 Å². The third-order valence-electron chi connectivity index (χ3n) is 3.83. The number of halogens is 2. The molecule has 1 aromatic carbocycles. The van der Waals surface area contributed by atoms with E-state index < -0.39 is 5.82 Å². The molecule has 0 spiro atoms. The molecule has 0 unspecified atom stereocenters. The van der Waals surface area contributed by atoms with Crippen LogP contribution in [0.4, 0.5) is 10.1 Å². The van der Waals surface area contributed by atoms with E-state index >= 15 is 0 Å². The molecular formula is C15H20ClFN2O. The first-order chi connectivity index (χ1) is 9.56. The smallest absolute Gasteiger partial charge is 0.239 e. The van der Waals surface area contributed by atoms with Gasteiger partial charge < -0.3 is 10.6 Å². The summed E-state index contributed by atoms with van der Waals surface area (Å²) in [4.78, 5) is 11.9. The van der Waals surface area contributed by atoms with Crippen molar-refractivity contribution in [3.63, 3.8) is 0 Å². The van der Waals surface area contributed by atoms with Crippen LogP contribution in [0.1, 0.15) is 32.6 Å². The van der Waals surface area contributed by atoms with Crippen molar-refractivity contribution < 1.29 is 9.18 Å². The average Bonchev–Trinajstić information content (AvgIpc) is 2.40. The maximum absolute atomic E-state index is 13.5. The van der Waals surface area contributed by atoms with E-state index in [1.807, 2.05) is 0 Å². The molecule has 2 N–H and O–H groups in total. The van der Waals surface area contributed by atoms with Crippen molar-refractivity contribution in [3.05, 3.63) is 29.0 Å². The van der Waals surface area contributed by atoms with Crippen molar-refractivity contribution in [2.75, 3.05) is 11.9 Å². The van der Waals surface area contributed by atoms with Gasteiger partial charge >= 0.3 is 0 Å². The van der Waals surface area contributed by atoms with E-state index in [-0.39, 0.29) is 18.5 Å². The molecule has 2 atom stereocenters. The highest BCUT2D eigenvalue weighted by Crippen LogP contribution is 2.23. The average molecular weight is 299 g/mol. The Bertz CT molecular complexity index is 481. The predicted molar refractivity (Wildman–Crippen MR) is 79.5 cm³/mol. The van der Waals surface area contributed by atoms with Crippen molar-refractivity contribution in [2.24, 2.45) is 5.92 Å². The molecule has 1 amide bonds. The summed E-state index contributed by atoms with van der Waals surface area (Å²) < 4.78 is 13.5. The molecule has 0 aliphatic heterocycles. The van der Waals surface area contributed by atoms with Crippen LogP contribution in [0.5, 0.6) is 0 Å². The molecule has 0 heterocycles. The van der Waals surface area contributed by atoms with Crippen LogP contribution in [0.3, 0.4) is 0 Å². The van der Waals surface area contributed by atoms with Gasteiger partial charge in [0.1, 0.15) is 5.82 Å². The molecule has 0 saturated heterocycles. The zero-order chi connectivity index (χ0) is 14.5. The predicted octanol–water partition coefficient (Wildman–Crippen LogP) is 3.59. The lowest BCUT2D eigenvalue weighted by atomic mass is 9.86. The fraction of sp³-hybridized carbons (Fsp3) is 0.533. The summed E-state index contributed by atoms with van der Waals surface area (Å²) in [6, 6.07) is 4.60. The first kappa shape index (κ1) is 15.1. The molecule has 1 fully saturated rings. The van der Waals surface area contributed by atoms with Gasteiger partial charge in [-0.05, 0) is 37.0 Å². The minimum Gasteiger partial charge on any atom is -0.374 e. The third-order valence-corrected chi connectivity index (χ3v) is 4.06. The zero-order valence-corrected chi connectivity index (χ0v) is 12.3. The third kappa shape index (κ3) is 4.10. The van der Waals surface area contributed by atoms with E-state index in [0.717, 1.165) is 19.3 Å². The van der Waals surface area contributed by atoms with Gasteiger partial charge in [0.15, 0.2) is 0 Å². The van der Waals surface area contributed by atoms with Crippen LogP contribution in [-0.4, -0.2) is 18.5 Å². The molecular weight excluding hydrogens is 279 g/mol. The maximum Gasteiger partial charge on any atom is 0.239 e. The van der Waals surface area contributed by atoms with E-state index in [4.69, 9.17) is 11.6 Å². The molecule has 3 nitrogen and oxygen atoms in total. The summed E-state index contributed by atoms with van der Waals surface area (Å²) in [7, 11) is 0. The van der Waals surface area contributed by atoms with Gasteiger partial charge in [-0.3, -0.25) is 4.79 Å². The molecule has 20 heavy (non-hydrogen) atoms. The number of carbonyl (C=O) groups is 1. The Labute approximate surface area is 123 Å². The Morgan fingerprint density at radius 2 is 2.15 bits per heavy atom. The highest BCUT2D eigenvalue weighted by atomic mass is 35.5. The molecule has 0 radical (unpaired) electrons. The lowest BCUT2D eigenvalue weighted by Crippen LogP contribution is -2.43. The van der Waals surface area contributed by atoms with Gasteiger partial charge in [-0.2, -0.15) is 0 Å². The van der Waals surface area contributed by atoms with Gasteiger partial charge in [-0.25, -0.2) is 4.39 Å². The van der Waals surface area contributed by atoms with E-state index in [1.54, 1.807) is 6.07 Å². The lowest BCUT2D eigenvalue weighted by molar-refractivity contribution is -0.120. The molecule has 110 valence electrons. The summed E-state index contributed by atoms with van der Waals surface area (Å²) in [6.45, 7) is 2.23. The van der Waals surface area contributed by atoms with Gasteiger partial charge in [0, 0.05) is 11.1 Å². The number of hydrogen-bond donors (Lipinski definition) is 2. The normalized spacial score (nSPS) is 22.4. The number of anilines is 1. The van der Waals surface area contributed by atoms with Crippen molar-refractivity contribution in [1.29, 1.82) is 0 Å². The van der Waals surface area contributed by atoms with Crippen LogP contribution >= 0.6 is 11.6 Å². The van der Waals surface area contributed by atoms with Gasteiger partial charge in [-0.1, -0.05) is 31.4 Å². The molecule has 1 aliphatic rings. The molecule has 2 rings (SSSR count). The number of hydrogen-bond acceptors (Lipinski definition) is 2. The highest BCUT2D eigenvalue weighted by Gasteiger charge is 2.22. The summed E-state index contributed by atoms with van der Waals surface area (Å²) in [5, 5.41) is 6.16. The molecule has 0 bridgehead atoms. The Hall–Kier alpha value is -1.29. The monoisotopic (exact) mass is 298 g/mol. The topological polar surface area (TPSA) is 41.1 Å². The number of amides is 1. The summed E-state index contributed by atoms with van der Waals surface area (Å²) in [5.74, 6) is -0.0330. The number of rotatable bonds is 4. The van der Waals surface area contributed by atoms with Crippen molar-refractivity contribution >= 4 is 23.2 Å². The molecule has 1 aliphatic carbocycles. The van der Waals surface area contributed by atoms with E-state index in [2.05, 4.69) is 17.6 Å². The van der Waals surface area contributed by atoms with Crippen molar-refractivity contribution in [1.82, 2.24) is 5.32 Å². The van der Waals surface area contributed by atoms with E-state index in [9.17, 15) is 9.18 Å². The molecule has 5 heteroatoms.